The van der Waals surface area contributed by atoms with E-state index in [-0.39, 0.29) is 0 Å². The fourth-order valence-corrected chi connectivity index (χ4v) is 3.71. The van der Waals surface area contributed by atoms with E-state index in [2.05, 4.69) is 15.9 Å². The first-order chi connectivity index (χ1) is 9.12. The summed E-state index contributed by atoms with van der Waals surface area (Å²) in [5, 5.41) is 9.41. The molecule has 0 spiro atoms. The van der Waals surface area contributed by atoms with Gasteiger partial charge in [-0.3, -0.25) is 4.79 Å². The van der Waals surface area contributed by atoms with Gasteiger partial charge < -0.3 is 5.11 Å². The number of carboxylic acid groups (broad SMARTS) is 1. The Kier molecular flexibility index (Phi) is 5.38. The van der Waals surface area contributed by atoms with Crippen LogP contribution in [0.15, 0.2) is 28.7 Å². The monoisotopic (exact) mass is 362 g/mol. The summed E-state index contributed by atoms with van der Waals surface area (Å²) in [7, 11) is -3.71. The fraction of sp³-hybridized carbons (Fsp3) is 0.500. The summed E-state index contributed by atoms with van der Waals surface area (Å²) >= 11 is 3.33. The van der Waals surface area contributed by atoms with E-state index in [4.69, 9.17) is 0 Å². The number of carboxylic acids is 1. The van der Waals surface area contributed by atoms with E-state index in [1.807, 2.05) is 31.2 Å². The van der Waals surface area contributed by atoms with Crippen LogP contribution in [0, 0.1) is 5.92 Å². The Bertz CT molecular complexity index is 580. The maximum absolute atomic E-state index is 12.0. The zero-order valence-corrected chi connectivity index (χ0v) is 14.2. The van der Waals surface area contributed by atoms with Gasteiger partial charge in [-0.1, -0.05) is 41.4 Å². The third kappa shape index (κ3) is 3.41. The van der Waals surface area contributed by atoms with Crippen LogP contribution in [0.3, 0.4) is 0 Å². The molecular formula is C14H19BrO4S. The second-order valence-electron chi connectivity index (χ2n) is 5.12. The van der Waals surface area contributed by atoms with Gasteiger partial charge in [0.25, 0.3) is 0 Å². The topological polar surface area (TPSA) is 71.4 Å². The average Bonchev–Trinajstić information content (AvgIpc) is 2.35. The van der Waals surface area contributed by atoms with E-state index in [1.54, 1.807) is 0 Å². The molecule has 20 heavy (non-hydrogen) atoms. The first kappa shape index (κ1) is 17.2. The lowest BCUT2D eigenvalue weighted by molar-refractivity contribution is -0.141. The number of carbonyl (C=O) groups is 1. The van der Waals surface area contributed by atoms with Crippen LogP contribution in [-0.2, 0) is 21.1 Å². The average molecular weight is 363 g/mol. The van der Waals surface area contributed by atoms with E-state index in [0.717, 1.165) is 16.3 Å². The summed E-state index contributed by atoms with van der Waals surface area (Å²) in [6.45, 7) is 3.12. The first-order valence-corrected chi connectivity index (χ1v) is 8.98. The van der Waals surface area contributed by atoms with Crippen molar-refractivity contribution in [1.29, 1.82) is 0 Å². The van der Waals surface area contributed by atoms with Gasteiger partial charge in [0, 0.05) is 10.7 Å². The summed E-state index contributed by atoms with van der Waals surface area (Å²) < 4.78 is 23.1. The molecule has 1 unspecified atom stereocenters. The van der Waals surface area contributed by atoms with Gasteiger partial charge in [-0.2, -0.15) is 0 Å². The van der Waals surface area contributed by atoms with E-state index < -0.39 is 26.5 Å². The standard InChI is InChI=1S/C14H19BrO4S/c1-4-11(9-10-5-7-12(15)8-6-10)14(2,13(16)17)20(3,18)19/h5-8,11H,4,9H2,1-3H3,(H,16,17)/t11?,14-/m1/s1. The third-order valence-corrected chi connectivity index (χ3v) is 6.44. The first-order valence-electron chi connectivity index (χ1n) is 6.30. The van der Waals surface area contributed by atoms with Gasteiger partial charge in [0.05, 0.1) is 0 Å². The maximum atomic E-state index is 12.0. The number of benzene rings is 1. The highest BCUT2D eigenvalue weighted by Gasteiger charge is 2.49. The van der Waals surface area contributed by atoms with Crippen molar-refractivity contribution in [2.75, 3.05) is 6.26 Å². The molecule has 0 aromatic heterocycles. The van der Waals surface area contributed by atoms with Gasteiger partial charge in [0.15, 0.2) is 14.6 Å². The normalized spacial score (nSPS) is 16.4. The Balaban J connectivity index is 3.16. The van der Waals surface area contributed by atoms with E-state index in [1.165, 1.54) is 6.92 Å². The minimum atomic E-state index is -3.71. The molecule has 0 aliphatic rings. The van der Waals surface area contributed by atoms with Crippen molar-refractivity contribution in [1.82, 2.24) is 0 Å². The largest absolute Gasteiger partial charge is 0.480 e. The van der Waals surface area contributed by atoms with Crippen LogP contribution in [-0.4, -0.2) is 30.5 Å². The molecule has 112 valence electrons. The lowest BCUT2D eigenvalue weighted by Gasteiger charge is -2.31. The molecule has 0 bridgehead atoms. The summed E-state index contributed by atoms with van der Waals surface area (Å²) in [5.41, 5.74) is 0.927. The molecule has 0 aliphatic carbocycles. The van der Waals surface area contributed by atoms with Crippen molar-refractivity contribution in [3.8, 4) is 0 Å². The Morgan fingerprint density at radius 2 is 1.85 bits per heavy atom. The molecule has 4 nitrogen and oxygen atoms in total. The molecule has 2 atom stereocenters. The minimum absolute atomic E-state index is 0.416. The number of rotatable bonds is 6. The highest BCUT2D eigenvalue weighted by Crippen LogP contribution is 2.32. The predicted molar refractivity (Wildman–Crippen MR) is 82.5 cm³/mol. The molecule has 0 fully saturated rings. The molecule has 6 heteroatoms. The Hall–Kier alpha value is -0.880. The van der Waals surface area contributed by atoms with Crippen LogP contribution in [0.4, 0.5) is 0 Å². The summed E-state index contributed by atoms with van der Waals surface area (Å²) in [6.07, 6.45) is 1.89. The van der Waals surface area contributed by atoms with Crippen LogP contribution in [0.1, 0.15) is 25.8 Å². The van der Waals surface area contributed by atoms with Gasteiger partial charge in [0.1, 0.15) is 0 Å². The SMILES string of the molecule is CCC(Cc1ccc(Br)cc1)[C@](C)(C(=O)O)S(C)(=O)=O. The van der Waals surface area contributed by atoms with Gasteiger partial charge in [-0.25, -0.2) is 8.42 Å². The number of sulfone groups is 1. The smallest absolute Gasteiger partial charge is 0.325 e. The summed E-state index contributed by atoms with van der Waals surface area (Å²) in [6, 6.07) is 7.47. The minimum Gasteiger partial charge on any atom is -0.480 e. The van der Waals surface area contributed by atoms with Crippen molar-refractivity contribution in [2.24, 2.45) is 5.92 Å². The Morgan fingerprint density at radius 1 is 1.35 bits per heavy atom. The Morgan fingerprint density at radius 3 is 2.20 bits per heavy atom. The molecule has 0 aliphatic heterocycles. The van der Waals surface area contributed by atoms with Crippen LogP contribution in [0.25, 0.3) is 0 Å². The lowest BCUT2D eigenvalue weighted by Crippen LogP contribution is -2.50. The second-order valence-corrected chi connectivity index (χ2v) is 8.43. The zero-order chi connectivity index (χ0) is 15.6. The highest BCUT2D eigenvalue weighted by molar-refractivity contribution is 9.10. The molecule has 0 radical (unpaired) electrons. The molecule has 1 rings (SSSR count). The lowest BCUT2D eigenvalue weighted by atomic mass is 9.85. The van der Waals surface area contributed by atoms with Crippen LogP contribution >= 0.6 is 15.9 Å². The van der Waals surface area contributed by atoms with Crippen molar-refractivity contribution in [2.45, 2.75) is 31.4 Å². The van der Waals surface area contributed by atoms with Gasteiger partial charge in [0.2, 0.25) is 0 Å². The predicted octanol–water partition coefficient (Wildman–Crippen LogP) is 2.91. The third-order valence-electron chi connectivity index (χ3n) is 3.86. The van der Waals surface area contributed by atoms with Crippen molar-refractivity contribution < 1.29 is 18.3 Å². The van der Waals surface area contributed by atoms with Crippen LogP contribution in [0.5, 0.6) is 0 Å². The van der Waals surface area contributed by atoms with E-state index in [0.29, 0.717) is 12.8 Å². The Labute approximate surface area is 128 Å². The molecule has 0 saturated carbocycles. The molecule has 1 aromatic carbocycles. The zero-order valence-electron chi connectivity index (χ0n) is 11.8. The molecular weight excluding hydrogens is 344 g/mol. The number of halogens is 1. The molecule has 1 aromatic rings. The molecule has 1 N–H and O–H groups in total. The quantitative estimate of drug-likeness (QED) is 0.844. The molecule has 0 saturated heterocycles. The molecule has 0 heterocycles. The molecule has 0 amide bonds. The van der Waals surface area contributed by atoms with Crippen molar-refractivity contribution >= 4 is 31.7 Å². The summed E-state index contributed by atoms with van der Waals surface area (Å²) in [4.78, 5) is 11.5. The highest BCUT2D eigenvalue weighted by atomic mass is 79.9. The van der Waals surface area contributed by atoms with Crippen LogP contribution < -0.4 is 0 Å². The second kappa shape index (κ2) is 6.26. The van der Waals surface area contributed by atoms with Gasteiger partial charge in [-0.05, 0) is 37.0 Å². The summed E-state index contributed by atoms with van der Waals surface area (Å²) in [5.74, 6) is -1.76. The van der Waals surface area contributed by atoms with E-state index in [9.17, 15) is 18.3 Å². The number of hydrogen-bond donors (Lipinski definition) is 1. The van der Waals surface area contributed by atoms with Crippen molar-refractivity contribution in [3.05, 3.63) is 34.3 Å². The number of hydrogen-bond acceptors (Lipinski definition) is 3. The van der Waals surface area contributed by atoms with Crippen LogP contribution in [0.2, 0.25) is 0 Å². The fourth-order valence-electron chi connectivity index (χ4n) is 2.27. The maximum Gasteiger partial charge on any atom is 0.325 e. The number of aliphatic carboxylic acids is 1. The van der Waals surface area contributed by atoms with Gasteiger partial charge >= 0.3 is 5.97 Å². The van der Waals surface area contributed by atoms with E-state index >= 15 is 0 Å². The van der Waals surface area contributed by atoms with Gasteiger partial charge in [-0.15, -0.1) is 0 Å². The van der Waals surface area contributed by atoms with Crippen molar-refractivity contribution in [3.63, 3.8) is 0 Å².